The van der Waals surface area contributed by atoms with Gasteiger partial charge in [-0.3, -0.25) is 4.79 Å². The van der Waals surface area contributed by atoms with Gasteiger partial charge in [0.05, 0.1) is 19.1 Å². The molecule has 2 N–H and O–H groups in total. The van der Waals surface area contributed by atoms with Gasteiger partial charge in [-0.15, -0.1) is 0 Å². The molecule has 1 unspecified atom stereocenters. The molecule has 2 aliphatic rings. The minimum Gasteiger partial charge on any atom is -0.356 e. The van der Waals surface area contributed by atoms with Crippen LogP contribution in [0, 0.1) is 5.92 Å². The second kappa shape index (κ2) is 4.97. The lowest BCUT2D eigenvalue weighted by molar-refractivity contribution is -0.939. The minimum atomic E-state index is 0.123. The zero-order chi connectivity index (χ0) is 10.7. The van der Waals surface area contributed by atoms with E-state index in [-0.39, 0.29) is 5.91 Å². The number of fused-ring (bicyclic) bond motifs is 1. The molecule has 2 saturated heterocycles. The van der Waals surface area contributed by atoms with Crippen molar-refractivity contribution in [2.24, 2.45) is 5.92 Å². The Morgan fingerprint density at radius 3 is 2.87 bits per heavy atom. The minimum absolute atomic E-state index is 0.123. The van der Waals surface area contributed by atoms with Crippen LogP contribution in [0.3, 0.4) is 0 Å². The van der Waals surface area contributed by atoms with Crippen LogP contribution in [-0.2, 0) is 4.79 Å². The summed E-state index contributed by atoms with van der Waals surface area (Å²) < 4.78 is 0. The van der Waals surface area contributed by atoms with E-state index in [1.165, 1.54) is 45.2 Å². The van der Waals surface area contributed by atoms with Gasteiger partial charge in [-0.05, 0) is 32.1 Å². The van der Waals surface area contributed by atoms with Gasteiger partial charge >= 0.3 is 0 Å². The van der Waals surface area contributed by atoms with Crippen molar-refractivity contribution in [1.82, 2.24) is 5.32 Å². The number of amides is 1. The van der Waals surface area contributed by atoms with Crippen LogP contribution >= 0.6 is 0 Å². The Bertz CT molecular complexity index is 228. The van der Waals surface area contributed by atoms with Crippen molar-refractivity contribution in [3.63, 3.8) is 0 Å². The summed E-state index contributed by atoms with van der Waals surface area (Å²) in [6, 6.07) is 0.833. The largest absolute Gasteiger partial charge is 0.356 e. The molecule has 2 aliphatic heterocycles. The van der Waals surface area contributed by atoms with E-state index in [0.29, 0.717) is 0 Å². The maximum Gasteiger partial charge on any atom is 0.216 e. The molecule has 0 bridgehead atoms. The highest BCUT2D eigenvalue weighted by Gasteiger charge is 2.36. The van der Waals surface area contributed by atoms with E-state index in [9.17, 15) is 4.79 Å². The molecule has 0 aromatic heterocycles. The Hall–Kier alpha value is -0.570. The van der Waals surface area contributed by atoms with Gasteiger partial charge in [0.2, 0.25) is 5.91 Å². The second-order valence-corrected chi connectivity index (χ2v) is 5.10. The number of carbonyl (C=O) groups excluding carboxylic acids is 1. The maximum atomic E-state index is 10.9. The van der Waals surface area contributed by atoms with E-state index in [4.69, 9.17) is 0 Å². The van der Waals surface area contributed by atoms with Gasteiger partial charge in [0, 0.05) is 19.4 Å². The number of rotatable bonds is 2. The Morgan fingerprint density at radius 2 is 2.07 bits per heavy atom. The average molecular weight is 211 g/mol. The van der Waals surface area contributed by atoms with Crippen LogP contribution < -0.4 is 10.2 Å². The normalized spacial score (nSPS) is 35.7. The lowest BCUT2D eigenvalue weighted by atomic mass is 9.83. The van der Waals surface area contributed by atoms with Gasteiger partial charge in [0.15, 0.2) is 0 Å². The quantitative estimate of drug-likeness (QED) is 0.661. The summed E-state index contributed by atoms with van der Waals surface area (Å²) in [5.74, 6) is 0.857. The highest BCUT2D eigenvalue weighted by Crippen LogP contribution is 2.19. The van der Waals surface area contributed by atoms with Gasteiger partial charge in [0.1, 0.15) is 0 Å². The molecule has 3 atom stereocenters. The van der Waals surface area contributed by atoms with Crippen molar-refractivity contribution in [1.29, 1.82) is 0 Å². The molecule has 0 spiro atoms. The molecule has 3 nitrogen and oxygen atoms in total. The van der Waals surface area contributed by atoms with Gasteiger partial charge in [0.25, 0.3) is 0 Å². The number of carbonyl (C=O) groups is 1. The molecule has 3 heteroatoms. The monoisotopic (exact) mass is 211 g/mol. The topological polar surface area (TPSA) is 33.5 Å². The first-order valence-corrected chi connectivity index (χ1v) is 6.36. The third-order valence-electron chi connectivity index (χ3n) is 4.04. The fraction of sp³-hybridized carbons (Fsp3) is 0.917. The summed E-state index contributed by atoms with van der Waals surface area (Å²) in [5.41, 5.74) is 0. The van der Waals surface area contributed by atoms with Gasteiger partial charge in [-0.1, -0.05) is 0 Å². The van der Waals surface area contributed by atoms with Crippen molar-refractivity contribution in [3.05, 3.63) is 0 Å². The first-order valence-electron chi connectivity index (χ1n) is 6.36. The lowest BCUT2D eigenvalue weighted by Gasteiger charge is -2.41. The maximum absolute atomic E-state index is 10.9. The molecule has 0 saturated carbocycles. The van der Waals surface area contributed by atoms with Crippen LogP contribution in [0.4, 0.5) is 0 Å². The first kappa shape index (κ1) is 10.9. The number of piperidine rings is 2. The Balaban J connectivity index is 1.88. The van der Waals surface area contributed by atoms with E-state index in [1.807, 2.05) is 4.90 Å². The van der Waals surface area contributed by atoms with Crippen molar-refractivity contribution in [2.75, 3.05) is 19.6 Å². The van der Waals surface area contributed by atoms with Crippen molar-refractivity contribution >= 4 is 5.91 Å². The standard InChI is InChI=1S/C12H22N2O/c1-10(15)13-9-11-5-4-8-14-7-3-2-6-12(11)14/h11-12H,2-9H2,1H3,(H,13,15)/p+1/t11-,12-/m0/s1. The molecule has 15 heavy (non-hydrogen) atoms. The highest BCUT2D eigenvalue weighted by atomic mass is 16.1. The summed E-state index contributed by atoms with van der Waals surface area (Å²) in [4.78, 5) is 12.7. The van der Waals surface area contributed by atoms with E-state index in [0.717, 1.165) is 18.5 Å². The van der Waals surface area contributed by atoms with Crippen LogP contribution in [-0.4, -0.2) is 31.6 Å². The second-order valence-electron chi connectivity index (χ2n) is 5.10. The SMILES string of the molecule is CC(=O)NC[C@@H]1CCC[NH+]2CCCC[C@@H]12. The van der Waals surface area contributed by atoms with E-state index in [1.54, 1.807) is 6.92 Å². The fourth-order valence-electron chi connectivity index (χ4n) is 3.30. The summed E-state index contributed by atoms with van der Waals surface area (Å²) in [6.07, 6.45) is 6.83. The lowest BCUT2D eigenvalue weighted by Crippen LogP contribution is -3.18. The third-order valence-corrected chi connectivity index (χ3v) is 4.04. The zero-order valence-corrected chi connectivity index (χ0v) is 9.72. The number of hydrogen-bond donors (Lipinski definition) is 2. The number of hydrogen-bond acceptors (Lipinski definition) is 1. The van der Waals surface area contributed by atoms with Gasteiger partial charge in [-0.25, -0.2) is 0 Å². The summed E-state index contributed by atoms with van der Waals surface area (Å²) in [6.45, 7) is 5.25. The fourth-order valence-corrected chi connectivity index (χ4v) is 3.30. The Labute approximate surface area is 92.2 Å². The van der Waals surface area contributed by atoms with Crippen molar-refractivity contribution < 1.29 is 9.69 Å². The molecule has 0 aliphatic carbocycles. The smallest absolute Gasteiger partial charge is 0.216 e. The number of quaternary nitrogens is 1. The van der Waals surface area contributed by atoms with Crippen LogP contribution in [0.2, 0.25) is 0 Å². The van der Waals surface area contributed by atoms with E-state index >= 15 is 0 Å². The van der Waals surface area contributed by atoms with Gasteiger partial charge in [-0.2, -0.15) is 0 Å². The number of nitrogens with one attached hydrogen (secondary N) is 2. The van der Waals surface area contributed by atoms with E-state index < -0.39 is 0 Å². The molecule has 0 aromatic rings. The zero-order valence-electron chi connectivity index (χ0n) is 9.72. The van der Waals surface area contributed by atoms with Crippen LogP contribution in [0.5, 0.6) is 0 Å². The van der Waals surface area contributed by atoms with Gasteiger partial charge < -0.3 is 10.2 Å². The van der Waals surface area contributed by atoms with E-state index in [2.05, 4.69) is 5.32 Å². The molecule has 0 radical (unpaired) electrons. The molecule has 86 valence electrons. The van der Waals surface area contributed by atoms with Crippen molar-refractivity contribution in [2.45, 2.75) is 45.1 Å². The third kappa shape index (κ3) is 2.71. The molecule has 2 rings (SSSR count). The summed E-state index contributed by atoms with van der Waals surface area (Å²) in [5, 5.41) is 3.00. The molecule has 2 heterocycles. The summed E-state index contributed by atoms with van der Waals surface area (Å²) >= 11 is 0. The predicted molar refractivity (Wildman–Crippen MR) is 59.7 cm³/mol. The Kier molecular flexibility index (Phi) is 3.62. The van der Waals surface area contributed by atoms with Crippen LogP contribution in [0.1, 0.15) is 39.0 Å². The molecule has 0 aromatic carbocycles. The Morgan fingerprint density at radius 1 is 1.27 bits per heavy atom. The first-order chi connectivity index (χ1) is 7.27. The highest BCUT2D eigenvalue weighted by molar-refractivity contribution is 5.72. The van der Waals surface area contributed by atoms with Crippen molar-refractivity contribution in [3.8, 4) is 0 Å². The molecule has 1 amide bonds. The molecular formula is C12H23N2O+. The summed E-state index contributed by atoms with van der Waals surface area (Å²) in [7, 11) is 0. The molecular weight excluding hydrogens is 188 g/mol. The van der Waals surface area contributed by atoms with Crippen LogP contribution in [0.15, 0.2) is 0 Å². The average Bonchev–Trinajstić information content (AvgIpc) is 2.26. The van der Waals surface area contributed by atoms with Crippen LogP contribution in [0.25, 0.3) is 0 Å². The predicted octanol–water partition coefficient (Wildman–Crippen LogP) is -0.0301. The molecule has 2 fully saturated rings.